The van der Waals surface area contributed by atoms with E-state index in [1.807, 2.05) is 0 Å². The summed E-state index contributed by atoms with van der Waals surface area (Å²) in [4.78, 5) is 16.3. The molecule has 0 saturated carbocycles. The zero-order chi connectivity index (χ0) is 18.7. The normalized spacial score (nSPS) is 12.6. The van der Waals surface area contributed by atoms with Gasteiger partial charge < -0.3 is 9.88 Å². The second-order valence-electron chi connectivity index (χ2n) is 5.84. The first-order chi connectivity index (χ1) is 12.3. The number of carbonyl (C=O) groups excluding carboxylic acids is 1. The fourth-order valence-electron chi connectivity index (χ4n) is 2.54. The Morgan fingerprint density at radius 1 is 1.15 bits per heavy atom. The summed E-state index contributed by atoms with van der Waals surface area (Å²) in [6, 6.07) is 11.2. The molecule has 1 aromatic heterocycles. The molecule has 1 N–H and O–H groups in total. The van der Waals surface area contributed by atoms with Crippen molar-refractivity contribution in [2.24, 2.45) is 0 Å². The Balaban J connectivity index is 1.71. The monoisotopic (exact) mass is 359 g/mol. The van der Waals surface area contributed by atoms with Crippen molar-refractivity contribution < 1.29 is 18.0 Å². The Morgan fingerprint density at radius 2 is 1.88 bits per heavy atom. The number of rotatable bonds is 4. The van der Waals surface area contributed by atoms with Gasteiger partial charge in [0.25, 0.3) is 5.91 Å². The van der Waals surface area contributed by atoms with Crippen molar-refractivity contribution in [1.29, 1.82) is 0 Å². The van der Waals surface area contributed by atoms with E-state index < -0.39 is 17.8 Å². The van der Waals surface area contributed by atoms with E-state index in [4.69, 9.17) is 0 Å². The van der Waals surface area contributed by atoms with Gasteiger partial charge in [-0.15, -0.1) is 0 Å². The van der Waals surface area contributed by atoms with Gasteiger partial charge in [-0.25, -0.2) is 4.98 Å². The SMILES string of the molecule is CC(NC(=O)c1ccc(-n2ccnc2)cc1)c1cccc(C(F)(F)F)c1. The molecule has 134 valence electrons. The van der Waals surface area contributed by atoms with E-state index >= 15 is 0 Å². The summed E-state index contributed by atoms with van der Waals surface area (Å²) in [6.07, 6.45) is 0.663. The largest absolute Gasteiger partial charge is 0.416 e. The number of nitrogens with one attached hydrogen (secondary N) is 1. The Bertz CT molecular complexity index is 887. The minimum atomic E-state index is -4.41. The number of hydrogen-bond donors (Lipinski definition) is 1. The number of hydrogen-bond acceptors (Lipinski definition) is 2. The van der Waals surface area contributed by atoms with Crippen molar-refractivity contribution in [3.8, 4) is 5.69 Å². The second kappa shape index (κ2) is 7.03. The molecule has 0 fully saturated rings. The number of alkyl halides is 3. The number of amides is 1. The van der Waals surface area contributed by atoms with E-state index in [9.17, 15) is 18.0 Å². The minimum absolute atomic E-state index is 0.355. The van der Waals surface area contributed by atoms with Gasteiger partial charge >= 0.3 is 6.18 Å². The third kappa shape index (κ3) is 3.93. The molecule has 7 heteroatoms. The van der Waals surface area contributed by atoms with Gasteiger partial charge in [-0.1, -0.05) is 12.1 Å². The van der Waals surface area contributed by atoms with Gasteiger partial charge in [0.15, 0.2) is 0 Å². The maximum atomic E-state index is 12.8. The Morgan fingerprint density at radius 3 is 2.50 bits per heavy atom. The first kappa shape index (κ1) is 17.7. The van der Waals surface area contributed by atoms with E-state index in [-0.39, 0.29) is 5.91 Å². The van der Waals surface area contributed by atoms with Gasteiger partial charge in [0.2, 0.25) is 0 Å². The maximum absolute atomic E-state index is 12.8. The lowest BCUT2D eigenvalue weighted by Crippen LogP contribution is -2.26. The zero-order valence-corrected chi connectivity index (χ0v) is 13.9. The van der Waals surface area contributed by atoms with Crippen LogP contribution in [0.5, 0.6) is 0 Å². The van der Waals surface area contributed by atoms with E-state index in [1.54, 1.807) is 60.5 Å². The fraction of sp³-hybridized carbons (Fsp3) is 0.158. The van der Waals surface area contributed by atoms with Crippen molar-refractivity contribution in [2.75, 3.05) is 0 Å². The Kier molecular flexibility index (Phi) is 4.79. The molecular formula is C19H16F3N3O. The average molecular weight is 359 g/mol. The van der Waals surface area contributed by atoms with E-state index in [1.165, 1.54) is 6.07 Å². The lowest BCUT2D eigenvalue weighted by Gasteiger charge is -2.16. The number of nitrogens with zero attached hydrogens (tertiary/aromatic N) is 2. The lowest BCUT2D eigenvalue weighted by molar-refractivity contribution is -0.137. The second-order valence-corrected chi connectivity index (χ2v) is 5.84. The van der Waals surface area contributed by atoms with Crippen molar-refractivity contribution in [3.63, 3.8) is 0 Å². The number of halogens is 3. The summed E-state index contributed by atoms with van der Waals surface area (Å²) < 4.78 is 40.3. The maximum Gasteiger partial charge on any atom is 0.416 e. The van der Waals surface area contributed by atoms with Crippen LogP contribution in [-0.4, -0.2) is 15.5 Å². The Hall–Kier alpha value is -3.09. The van der Waals surface area contributed by atoms with Crippen molar-refractivity contribution in [2.45, 2.75) is 19.1 Å². The van der Waals surface area contributed by atoms with Crippen LogP contribution in [0.3, 0.4) is 0 Å². The molecule has 26 heavy (non-hydrogen) atoms. The highest BCUT2D eigenvalue weighted by Crippen LogP contribution is 2.30. The number of carbonyl (C=O) groups is 1. The summed E-state index contributed by atoms with van der Waals surface area (Å²) in [5.41, 5.74) is 0.932. The van der Waals surface area contributed by atoms with Crippen LogP contribution in [0.4, 0.5) is 13.2 Å². The number of benzene rings is 2. The quantitative estimate of drug-likeness (QED) is 0.751. The van der Waals surface area contributed by atoms with Crippen LogP contribution in [0.15, 0.2) is 67.3 Å². The first-order valence-electron chi connectivity index (χ1n) is 7.91. The van der Waals surface area contributed by atoms with Crippen LogP contribution in [-0.2, 0) is 6.18 Å². The molecule has 4 nitrogen and oxygen atoms in total. The Labute approximate surface area is 148 Å². The fourth-order valence-corrected chi connectivity index (χ4v) is 2.54. The van der Waals surface area contributed by atoms with Gasteiger partial charge in [-0.3, -0.25) is 4.79 Å². The lowest BCUT2D eigenvalue weighted by atomic mass is 10.0. The van der Waals surface area contributed by atoms with Crippen molar-refractivity contribution in [3.05, 3.63) is 83.9 Å². The molecule has 3 rings (SSSR count). The van der Waals surface area contributed by atoms with Gasteiger partial charge in [0.1, 0.15) is 0 Å². The van der Waals surface area contributed by atoms with Crippen LogP contribution >= 0.6 is 0 Å². The molecule has 0 spiro atoms. The minimum Gasteiger partial charge on any atom is -0.346 e. The highest BCUT2D eigenvalue weighted by Gasteiger charge is 2.30. The van der Waals surface area contributed by atoms with Crippen LogP contribution in [0, 0.1) is 0 Å². The molecule has 0 aliphatic carbocycles. The van der Waals surface area contributed by atoms with Gasteiger partial charge in [-0.2, -0.15) is 13.2 Å². The van der Waals surface area contributed by atoms with Crippen LogP contribution < -0.4 is 5.32 Å². The zero-order valence-electron chi connectivity index (χ0n) is 13.9. The molecule has 0 radical (unpaired) electrons. The molecule has 1 amide bonds. The van der Waals surface area contributed by atoms with Crippen LogP contribution in [0.2, 0.25) is 0 Å². The number of imidazole rings is 1. The highest BCUT2D eigenvalue weighted by atomic mass is 19.4. The van der Waals surface area contributed by atoms with Crippen molar-refractivity contribution in [1.82, 2.24) is 14.9 Å². The molecule has 1 heterocycles. The molecule has 0 aliphatic rings. The van der Waals surface area contributed by atoms with Crippen LogP contribution in [0.1, 0.15) is 34.5 Å². The molecular weight excluding hydrogens is 343 g/mol. The first-order valence-corrected chi connectivity index (χ1v) is 7.91. The van der Waals surface area contributed by atoms with Gasteiger partial charge in [0, 0.05) is 23.6 Å². The predicted octanol–water partition coefficient (Wildman–Crippen LogP) is 4.38. The standard InChI is InChI=1S/C19H16F3N3O/c1-13(15-3-2-4-16(11-15)19(20,21)22)24-18(26)14-5-7-17(8-6-14)25-10-9-23-12-25/h2-13H,1H3,(H,24,26). The molecule has 0 bridgehead atoms. The van der Waals surface area contributed by atoms with Crippen LogP contribution in [0.25, 0.3) is 5.69 Å². The third-order valence-corrected chi connectivity index (χ3v) is 3.99. The molecule has 0 aliphatic heterocycles. The summed E-state index contributed by atoms with van der Waals surface area (Å²) in [5, 5.41) is 2.72. The summed E-state index contributed by atoms with van der Waals surface area (Å²) in [6.45, 7) is 1.65. The summed E-state index contributed by atoms with van der Waals surface area (Å²) in [5.74, 6) is -0.355. The average Bonchev–Trinajstić information content (AvgIpc) is 3.16. The molecule has 1 unspecified atom stereocenters. The molecule has 1 atom stereocenters. The molecule has 3 aromatic rings. The predicted molar refractivity (Wildman–Crippen MR) is 90.9 cm³/mol. The molecule has 0 saturated heterocycles. The van der Waals surface area contributed by atoms with E-state index in [0.29, 0.717) is 11.1 Å². The van der Waals surface area contributed by atoms with Crippen molar-refractivity contribution >= 4 is 5.91 Å². The highest BCUT2D eigenvalue weighted by molar-refractivity contribution is 5.94. The summed E-state index contributed by atoms with van der Waals surface area (Å²) in [7, 11) is 0. The summed E-state index contributed by atoms with van der Waals surface area (Å²) >= 11 is 0. The van der Waals surface area contributed by atoms with E-state index in [2.05, 4.69) is 10.3 Å². The number of aromatic nitrogens is 2. The van der Waals surface area contributed by atoms with E-state index in [0.717, 1.165) is 17.8 Å². The van der Waals surface area contributed by atoms with Gasteiger partial charge in [-0.05, 0) is 48.9 Å². The third-order valence-electron chi connectivity index (χ3n) is 3.99. The van der Waals surface area contributed by atoms with Gasteiger partial charge in [0.05, 0.1) is 17.9 Å². The topological polar surface area (TPSA) is 46.9 Å². The molecule has 2 aromatic carbocycles. The smallest absolute Gasteiger partial charge is 0.346 e.